The van der Waals surface area contributed by atoms with Crippen LogP contribution in [0, 0.1) is 5.92 Å². The number of benzene rings is 1. The number of nitrogens with zero attached hydrogens (tertiary/aromatic N) is 2. The van der Waals surface area contributed by atoms with Gasteiger partial charge in [-0.1, -0.05) is 26.0 Å². The van der Waals surface area contributed by atoms with E-state index in [-0.39, 0.29) is 18.0 Å². The predicted molar refractivity (Wildman–Crippen MR) is 115 cm³/mol. The Hall–Kier alpha value is -2.87. The van der Waals surface area contributed by atoms with Gasteiger partial charge in [0.15, 0.2) is 0 Å². The van der Waals surface area contributed by atoms with Gasteiger partial charge < -0.3 is 10.1 Å². The van der Waals surface area contributed by atoms with Crippen molar-refractivity contribution in [1.82, 2.24) is 14.5 Å². The summed E-state index contributed by atoms with van der Waals surface area (Å²) in [6, 6.07) is 9.10. The average molecular weight is 416 g/mol. The Morgan fingerprint density at radius 3 is 2.52 bits per heavy atom. The maximum absolute atomic E-state index is 12.9. The number of thiophene rings is 1. The van der Waals surface area contributed by atoms with Crippen LogP contribution in [0.3, 0.4) is 0 Å². The highest BCUT2D eigenvalue weighted by Crippen LogP contribution is 2.15. The molecule has 0 radical (unpaired) electrons. The first-order valence-electron chi connectivity index (χ1n) is 9.51. The van der Waals surface area contributed by atoms with Crippen molar-refractivity contribution in [2.75, 3.05) is 7.11 Å². The fourth-order valence-corrected chi connectivity index (χ4v) is 3.86. The number of rotatable bonds is 8. The van der Waals surface area contributed by atoms with E-state index in [1.54, 1.807) is 18.6 Å². The quantitative estimate of drug-likeness (QED) is 0.613. The highest BCUT2D eigenvalue weighted by molar-refractivity contribution is 7.17. The van der Waals surface area contributed by atoms with Crippen LogP contribution in [0.2, 0.25) is 0 Å². The molecule has 8 heteroatoms. The number of ether oxygens (including phenoxy) is 1. The van der Waals surface area contributed by atoms with Gasteiger partial charge in [0.1, 0.15) is 17.0 Å². The molecule has 29 heavy (non-hydrogen) atoms. The van der Waals surface area contributed by atoms with Crippen LogP contribution >= 0.6 is 11.3 Å². The SMILES string of the molecule is COc1ccc(CNC(=O)Cn2c(=O)n(CCC(C)C)c(=O)c3sccc32)cc1. The molecule has 1 N–H and O–H groups in total. The summed E-state index contributed by atoms with van der Waals surface area (Å²) >= 11 is 1.29. The van der Waals surface area contributed by atoms with Crippen molar-refractivity contribution < 1.29 is 9.53 Å². The van der Waals surface area contributed by atoms with Gasteiger partial charge in [-0.15, -0.1) is 11.3 Å². The monoisotopic (exact) mass is 415 g/mol. The fourth-order valence-electron chi connectivity index (χ4n) is 3.01. The van der Waals surface area contributed by atoms with Gasteiger partial charge in [-0.3, -0.25) is 18.7 Å². The standard InChI is InChI=1S/C21H25N3O4S/c1-14(2)8-10-23-20(26)19-17(9-11-29-19)24(21(23)27)13-18(25)22-12-15-4-6-16(28-3)7-5-15/h4-7,9,11,14H,8,10,12-13H2,1-3H3,(H,22,25). The molecule has 7 nitrogen and oxygen atoms in total. The zero-order valence-electron chi connectivity index (χ0n) is 16.8. The number of carbonyl (C=O) groups excluding carboxylic acids is 1. The van der Waals surface area contributed by atoms with E-state index in [0.29, 0.717) is 29.2 Å². The molecule has 0 saturated heterocycles. The van der Waals surface area contributed by atoms with E-state index in [1.165, 1.54) is 20.5 Å². The molecule has 1 amide bonds. The van der Waals surface area contributed by atoms with Crippen LogP contribution in [0.5, 0.6) is 5.75 Å². The summed E-state index contributed by atoms with van der Waals surface area (Å²) < 4.78 is 8.25. The molecule has 154 valence electrons. The van der Waals surface area contributed by atoms with Gasteiger partial charge in [0.05, 0.1) is 12.6 Å². The summed E-state index contributed by atoms with van der Waals surface area (Å²) in [7, 11) is 1.60. The lowest BCUT2D eigenvalue weighted by Crippen LogP contribution is -2.42. The van der Waals surface area contributed by atoms with Crippen molar-refractivity contribution in [2.24, 2.45) is 5.92 Å². The second-order valence-electron chi connectivity index (χ2n) is 7.27. The Labute approximate surface area is 172 Å². The molecular weight excluding hydrogens is 390 g/mol. The van der Waals surface area contributed by atoms with Crippen LogP contribution in [0.1, 0.15) is 25.8 Å². The minimum Gasteiger partial charge on any atom is -0.497 e. The first-order chi connectivity index (χ1) is 13.9. The van der Waals surface area contributed by atoms with E-state index >= 15 is 0 Å². The topological polar surface area (TPSA) is 82.3 Å². The van der Waals surface area contributed by atoms with Crippen molar-refractivity contribution in [3.63, 3.8) is 0 Å². The summed E-state index contributed by atoms with van der Waals surface area (Å²) in [5.74, 6) is 0.821. The number of hydrogen-bond acceptors (Lipinski definition) is 5. The Balaban J connectivity index is 1.81. The number of amides is 1. The van der Waals surface area contributed by atoms with Gasteiger partial charge in [-0.25, -0.2) is 4.79 Å². The fraction of sp³-hybridized carbons (Fsp3) is 0.381. The second kappa shape index (κ2) is 9.09. The Bertz CT molecular complexity index is 1110. The van der Waals surface area contributed by atoms with E-state index in [1.807, 2.05) is 38.1 Å². The maximum Gasteiger partial charge on any atom is 0.332 e. The first-order valence-corrected chi connectivity index (χ1v) is 10.4. The van der Waals surface area contributed by atoms with Crippen molar-refractivity contribution in [2.45, 2.75) is 39.9 Å². The molecule has 0 atom stereocenters. The van der Waals surface area contributed by atoms with E-state index in [4.69, 9.17) is 4.74 Å². The van der Waals surface area contributed by atoms with E-state index < -0.39 is 5.69 Å². The van der Waals surface area contributed by atoms with Crippen molar-refractivity contribution in [3.8, 4) is 5.75 Å². The van der Waals surface area contributed by atoms with E-state index in [0.717, 1.165) is 17.7 Å². The van der Waals surface area contributed by atoms with Crippen LogP contribution < -0.4 is 21.3 Å². The molecule has 2 aromatic heterocycles. The molecule has 3 aromatic rings. The van der Waals surface area contributed by atoms with Gasteiger partial charge in [-0.05, 0) is 41.5 Å². The van der Waals surface area contributed by atoms with Crippen molar-refractivity contribution in [3.05, 3.63) is 62.1 Å². The molecule has 0 bridgehead atoms. The molecule has 0 aliphatic rings. The van der Waals surface area contributed by atoms with Crippen LogP contribution in [0.25, 0.3) is 10.2 Å². The van der Waals surface area contributed by atoms with Gasteiger partial charge in [0.2, 0.25) is 5.91 Å². The number of fused-ring (bicyclic) bond motifs is 1. The summed E-state index contributed by atoms with van der Waals surface area (Å²) in [5.41, 5.74) is 0.705. The largest absolute Gasteiger partial charge is 0.497 e. The van der Waals surface area contributed by atoms with Gasteiger partial charge >= 0.3 is 5.69 Å². The molecule has 2 heterocycles. The zero-order valence-corrected chi connectivity index (χ0v) is 17.6. The smallest absolute Gasteiger partial charge is 0.332 e. The molecule has 0 spiro atoms. The highest BCUT2D eigenvalue weighted by atomic mass is 32.1. The number of nitrogens with one attached hydrogen (secondary N) is 1. The van der Waals surface area contributed by atoms with Gasteiger partial charge in [0, 0.05) is 13.1 Å². The lowest BCUT2D eigenvalue weighted by atomic mass is 10.1. The Morgan fingerprint density at radius 2 is 1.86 bits per heavy atom. The molecule has 0 aliphatic heterocycles. The summed E-state index contributed by atoms with van der Waals surface area (Å²) in [4.78, 5) is 38.1. The lowest BCUT2D eigenvalue weighted by Gasteiger charge is -2.13. The minimum absolute atomic E-state index is 0.135. The van der Waals surface area contributed by atoms with Crippen LogP contribution in [0.15, 0.2) is 45.3 Å². The molecular formula is C21H25N3O4S. The number of methoxy groups -OCH3 is 1. The van der Waals surface area contributed by atoms with Crippen LogP contribution in [-0.4, -0.2) is 22.2 Å². The third-order valence-corrected chi connectivity index (χ3v) is 5.61. The third-order valence-electron chi connectivity index (χ3n) is 4.72. The summed E-state index contributed by atoms with van der Waals surface area (Å²) in [6.45, 7) is 4.64. The summed E-state index contributed by atoms with van der Waals surface area (Å²) in [6.07, 6.45) is 0.718. The van der Waals surface area contributed by atoms with E-state index in [2.05, 4.69) is 5.32 Å². The van der Waals surface area contributed by atoms with Gasteiger partial charge in [-0.2, -0.15) is 0 Å². The number of carbonyl (C=O) groups is 1. The maximum atomic E-state index is 12.9. The van der Waals surface area contributed by atoms with Crippen molar-refractivity contribution in [1.29, 1.82) is 0 Å². The van der Waals surface area contributed by atoms with Crippen LogP contribution in [0.4, 0.5) is 0 Å². The second-order valence-corrected chi connectivity index (χ2v) is 8.18. The lowest BCUT2D eigenvalue weighted by molar-refractivity contribution is -0.121. The van der Waals surface area contributed by atoms with Crippen LogP contribution in [-0.2, 0) is 24.4 Å². The Morgan fingerprint density at radius 1 is 1.14 bits per heavy atom. The molecule has 0 unspecified atom stereocenters. The average Bonchev–Trinajstić information content (AvgIpc) is 3.19. The molecule has 1 aromatic carbocycles. The molecule has 0 aliphatic carbocycles. The third kappa shape index (κ3) is 4.76. The number of aromatic nitrogens is 2. The Kier molecular flexibility index (Phi) is 6.53. The minimum atomic E-state index is -0.443. The predicted octanol–water partition coefficient (Wildman–Crippen LogP) is 2.60. The highest BCUT2D eigenvalue weighted by Gasteiger charge is 2.16. The van der Waals surface area contributed by atoms with Gasteiger partial charge in [0.25, 0.3) is 5.56 Å². The van der Waals surface area contributed by atoms with E-state index in [9.17, 15) is 14.4 Å². The van der Waals surface area contributed by atoms with Crippen molar-refractivity contribution >= 4 is 27.5 Å². The molecule has 0 fully saturated rings. The molecule has 0 saturated carbocycles. The first kappa shape index (κ1) is 20.9. The zero-order chi connectivity index (χ0) is 21.0. The molecule has 3 rings (SSSR count). The normalized spacial score (nSPS) is 11.2. The number of hydrogen-bond donors (Lipinski definition) is 1. The summed E-state index contributed by atoms with van der Waals surface area (Å²) in [5, 5.41) is 4.60.